The predicted molar refractivity (Wildman–Crippen MR) is 67.2 cm³/mol. The maximum Gasteiger partial charge on any atom is 0.318 e. The van der Waals surface area contributed by atoms with E-state index >= 15 is 0 Å². The van der Waals surface area contributed by atoms with Crippen LogP contribution in [0.15, 0.2) is 0 Å². The van der Waals surface area contributed by atoms with E-state index in [9.17, 15) is 9.59 Å². The van der Waals surface area contributed by atoms with Gasteiger partial charge in [0.15, 0.2) is 0 Å². The number of carboxylic acid groups (broad SMARTS) is 1. The Balaban J connectivity index is 1.98. The number of rotatable bonds is 3. The van der Waals surface area contributed by atoms with Crippen molar-refractivity contribution in [2.45, 2.75) is 51.6 Å². The van der Waals surface area contributed by atoms with Gasteiger partial charge in [0.1, 0.15) is 5.41 Å². The predicted octanol–water partition coefficient (Wildman–Crippen LogP) is 0.840. The Morgan fingerprint density at radius 3 is 2.61 bits per heavy atom. The summed E-state index contributed by atoms with van der Waals surface area (Å²) in [4.78, 5) is 25.5. The maximum atomic E-state index is 12.0. The third-order valence-electron chi connectivity index (χ3n) is 4.27. The minimum Gasteiger partial charge on any atom is -0.480 e. The number of aliphatic carboxylic acids is 1. The van der Waals surface area contributed by atoms with Crippen LogP contribution in [0.5, 0.6) is 0 Å². The highest BCUT2D eigenvalue weighted by Crippen LogP contribution is 2.28. The molecule has 2 rings (SSSR count). The Kier molecular flexibility index (Phi) is 3.61. The molecule has 2 N–H and O–H groups in total. The van der Waals surface area contributed by atoms with Gasteiger partial charge in [0.2, 0.25) is 5.91 Å². The second-order valence-electron chi connectivity index (χ2n) is 5.90. The van der Waals surface area contributed by atoms with Crippen LogP contribution in [0.2, 0.25) is 0 Å². The van der Waals surface area contributed by atoms with Crippen LogP contribution < -0.4 is 5.32 Å². The molecule has 2 heterocycles. The number of hydrogen-bond donors (Lipinski definition) is 2. The molecule has 2 atom stereocenters. The topological polar surface area (TPSA) is 69.6 Å². The molecule has 18 heavy (non-hydrogen) atoms. The van der Waals surface area contributed by atoms with Gasteiger partial charge in [0, 0.05) is 18.6 Å². The Morgan fingerprint density at radius 1 is 1.22 bits per heavy atom. The summed E-state index contributed by atoms with van der Waals surface area (Å²) in [5.74, 6) is -1.44. The molecule has 1 amide bonds. The van der Waals surface area contributed by atoms with Gasteiger partial charge in [-0.05, 0) is 39.7 Å². The highest BCUT2D eigenvalue weighted by atomic mass is 16.4. The minimum absolute atomic E-state index is 0.122. The second-order valence-corrected chi connectivity index (χ2v) is 5.90. The van der Waals surface area contributed by atoms with Gasteiger partial charge in [-0.2, -0.15) is 0 Å². The summed E-state index contributed by atoms with van der Waals surface area (Å²) >= 11 is 0. The first-order valence-electron chi connectivity index (χ1n) is 6.71. The normalized spacial score (nSPS) is 28.8. The number of carboxylic acids is 1. The van der Waals surface area contributed by atoms with Gasteiger partial charge in [-0.3, -0.25) is 14.5 Å². The average molecular weight is 254 g/mol. The molecule has 5 heteroatoms. The zero-order valence-corrected chi connectivity index (χ0v) is 11.1. The molecule has 2 fully saturated rings. The van der Waals surface area contributed by atoms with Crippen molar-refractivity contribution in [2.24, 2.45) is 5.41 Å². The average Bonchev–Trinajstić information content (AvgIpc) is 2.72. The fraction of sp³-hybridized carbons (Fsp3) is 0.846. The van der Waals surface area contributed by atoms with Crippen molar-refractivity contribution in [3.05, 3.63) is 0 Å². The lowest BCUT2D eigenvalue weighted by Crippen LogP contribution is -2.51. The fourth-order valence-electron chi connectivity index (χ4n) is 2.86. The van der Waals surface area contributed by atoms with Crippen molar-refractivity contribution < 1.29 is 14.7 Å². The van der Waals surface area contributed by atoms with E-state index in [4.69, 9.17) is 5.11 Å². The summed E-state index contributed by atoms with van der Waals surface area (Å²) in [5.41, 5.74) is -1.35. The third-order valence-corrected chi connectivity index (χ3v) is 4.27. The Labute approximate surface area is 108 Å². The minimum atomic E-state index is -1.35. The summed E-state index contributed by atoms with van der Waals surface area (Å²) < 4.78 is 0. The number of hydrogen-bond acceptors (Lipinski definition) is 3. The molecule has 102 valence electrons. The Hall–Kier alpha value is -1.10. The number of fused-ring (bicyclic) bond motifs is 1. The summed E-state index contributed by atoms with van der Waals surface area (Å²) in [7, 11) is 0. The van der Waals surface area contributed by atoms with Gasteiger partial charge in [-0.15, -0.1) is 0 Å². The van der Waals surface area contributed by atoms with Gasteiger partial charge in [-0.1, -0.05) is 6.42 Å². The zero-order valence-electron chi connectivity index (χ0n) is 11.1. The van der Waals surface area contributed by atoms with Crippen molar-refractivity contribution in [3.8, 4) is 0 Å². The summed E-state index contributed by atoms with van der Waals surface area (Å²) in [6.45, 7) is 5.04. The van der Waals surface area contributed by atoms with E-state index in [1.54, 1.807) is 0 Å². The molecular weight excluding hydrogens is 232 g/mol. The van der Waals surface area contributed by atoms with E-state index in [0.29, 0.717) is 6.04 Å². The maximum absolute atomic E-state index is 12.0. The van der Waals surface area contributed by atoms with Crippen molar-refractivity contribution in [1.29, 1.82) is 0 Å². The van der Waals surface area contributed by atoms with Crippen molar-refractivity contribution >= 4 is 11.9 Å². The summed E-state index contributed by atoms with van der Waals surface area (Å²) in [6.07, 6.45) is 4.48. The summed E-state index contributed by atoms with van der Waals surface area (Å²) in [5, 5.41) is 12.0. The molecule has 2 aliphatic heterocycles. The van der Waals surface area contributed by atoms with Crippen LogP contribution in [-0.4, -0.2) is 47.1 Å². The van der Waals surface area contributed by atoms with Gasteiger partial charge in [0.05, 0.1) is 0 Å². The fourth-order valence-corrected chi connectivity index (χ4v) is 2.86. The lowest BCUT2D eigenvalue weighted by molar-refractivity contribution is -0.153. The van der Waals surface area contributed by atoms with E-state index in [-0.39, 0.29) is 11.9 Å². The largest absolute Gasteiger partial charge is 0.480 e. The molecule has 0 aromatic heterocycles. The highest BCUT2D eigenvalue weighted by molar-refractivity contribution is 6.01. The number of nitrogens with zero attached hydrogens (tertiary/aromatic N) is 1. The number of carbonyl (C=O) groups excluding carboxylic acids is 1. The SMILES string of the molecule is CC(C)(C(=O)O)C(=O)NC1CCN2CCCCC12. The van der Waals surface area contributed by atoms with Crippen LogP contribution >= 0.6 is 0 Å². The molecular formula is C13H22N2O3. The molecule has 0 saturated carbocycles. The number of piperidine rings is 1. The lowest BCUT2D eigenvalue weighted by Gasteiger charge is -2.33. The van der Waals surface area contributed by atoms with Gasteiger partial charge >= 0.3 is 5.97 Å². The monoisotopic (exact) mass is 254 g/mol. The first-order valence-corrected chi connectivity index (χ1v) is 6.71. The smallest absolute Gasteiger partial charge is 0.318 e. The molecule has 0 aromatic carbocycles. The second kappa shape index (κ2) is 4.88. The molecule has 0 aliphatic carbocycles. The third kappa shape index (κ3) is 2.36. The molecule has 0 aromatic rings. The van der Waals surface area contributed by atoms with E-state index in [1.807, 2.05) is 0 Å². The van der Waals surface area contributed by atoms with Crippen LogP contribution in [0.1, 0.15) is 39.5 Å². The van der Waals surface area contributed by atoms with Crippen molar-refractivity contribution in [1.82, 2.24) is 10.2 Å². The number of nitrogens with one attached hydrogen (secondary N) is 1. The first kappa shape index (κ1) is 13.3. The Bertz CT molecular complexity index is 354. The standard InChI is InChI=1S/C13H22N2O3/c1-13(2,12(17)18)11(16)14-9-6-8-15-7-4-3-5-10(9)15/h9-10H,3-8H2,1-2H3,(H,14,16)(H,17,18). The van der Waals surface area contributed by atoms with Crippen LogP contribution in [0.3, 0.4) is 0 Å². The lowest BCUT2D eigenvalue weighted by atomic mass is 9.91. The van der Waals surface area contributed by atoms with E-state index in [1.165, 1.54) is 26.7 Å². The number of carbonyl (C=O) groups is 2. The first-order chi connectivity index (χ1) is 8.43. The van der Waals surface area contributed by atoms with E-state index < -0.39 is 11.4 Å². The molecule has 2 saturated heterocycles. The van der Waals surface area contributed by atoms with Crippen LogP contribution in [0.25, 0.3) is 0 Å². The quantitative estimate of drug-likeness (QED) is 0.732. The van der Waals surface area contributed by atoms with E-state index in [2.05, 4.69) is 10.2 Å². The molecule has 0 spiro atoms. The zero-order chi connectivity index (χ0) is 13.3. The van der Waals surface area contributed by atoms with Crippen molar-refractivity contribution in [3.63, 3.8) is 0 Å². The van der Waals surface area contributed by atoms with Crippen LogP contribution in [0.4, 0.5) is 0 Å². The Morgan fingerprint density at radius 2 is 1.94 bits per heavy atom. The van der Waals surface area contributed by atoms with E-state index in [0.717, 1.165) is 25.9 Å². The highest BCUT2D eigenvalue weighted by Gasteiger charge is 2.41. The van der Waals surface area contributed by atoms with Gasteiger partial charge in [0.25, 0.3) is 0 Å². The summed E-state index contributed by atoms with van der Waals surface area (Å²) in [6, 6.07) is 0.531. The molecule has 2 unspecified atom stereocenters. The van der Waals surface area contributed by atoms with Gasteiger partial charge < -0.3 is 10.4 Å². The molecule has 0 radical (unpaired) electrons. The van der Waals surface area contributed by atoms with Crippen LogP contribution in [-0.2, 0) is 9.59 Å². The van der Waals surface area contributed by atoms with Gasteiger partial charge in [-0.25, -0.2) is 0 Å². The molecule has 2 aliphatic rings. The molecule has 5 nitrogen and oxygen atoms in total. The number of amides is 1. The van der Waals surface area contributed by atoms with Crippen molar-refractivity contribution in [2.75, 3.05) is 13.1 Å². The van der Waals surface area contributed by atoms with Crippen LogP contribution in [0, 0.1) is 5.41 Å². The molecule has 0 bridgehead atoms.